The predicted octanol–water partition coefficient (Wildman–Crippen LogP) is 2.07. The molecule has 0 amide bonds. The molecule has 6 heteroatoms. The lowest BCUT2D eigenvalue weighted by molar-refractivity contribution is 0.0518. The molecule has 13 heavy (non-hydrogen) atoms. The van der Waals surface area contributed by atoms with Gasteiger partial charge in [-0.05, 0) is 34.5 Å². The van der Waals surface area contributed by atoms with Gasteiger partial charge in [0, 0.05) is 6.20 Å². The summed E-state index contributed by atoms with van der Waals surface area (Å²) in [6.45, 7) is 2.02. The topological polar surface area (TPSA) is 52.1 Å². The molecule has 0 fully saturated rings. The quantitative estimate of drug-likeness (QED) is 0.607. The van der Waals surface area contributed by atoms with Crippen LogP contribution in [0, 0.1) is 0 Å². The zero-order chi connectivity index (χ0) is 9.84. The molecule has 0 spiro atoms. The Labute approximate surface area is 88.4 Å². The van der Waals surface area contributed by atoms with E-state index in [0.717, 1.165) is 0 Å². The number of rotatable bonds is 2. The second-order valence-electron chi connectivity index (χ2n) is 2.06. The Kier molecular flexibility index (Phi) is 3.62. The molecule has 0 N–H and O–H groups in total. The average Bonchev–Trinajstić information content (AvgIpc) is 2.09. The second kappa shape index (κ2) is 4.53. The first-order valence-electron chi connectivity index (χ1n) is 3.50. The first kappa shape index (κ1) is 10.4. The van der Waals surface area contributed by atoms with Crippen LogP contribution in [0.1, 0.15) is 17.4 Å². The van der Waals surface area contributed by atoms with Gasteiger partial charge in [0.2, 0.25) is 5.28 Å². The van der Waals surface area contributed by atoms with Crippen molar-refractivity contribution < 1.29 is 9.53 Å². The van der Waals surface area contributed by atoms with Crippen LogP contribution >= 0.6 is 27.5 Å². The van der Waals surface area contributed by atoms with E-state index in [2.05, 4.69) is 25.9 Å². The first-order chi connectivity index (χ1) is 6.15. The fourth-order valence-corrected chi connectivity index (χ4v) is 1.17. The Hall–Kier alpha value is -0.680. The maximum Gasteiger partial charge on any atom is 0.358 e. The van der Waals surface area contributed by atoms with E-state index in [1.807, 2.05) is 0 Å². The Balaban J connectivity index is 2.99. The molecule has 0 aromatic carbocycles. The SMILES string of the molecule is CCOC(=O)c1nc(Cl)ncc1Br. The van der Waals surface area contributed by atoms with Crippen LogP contribution in [0.4, 0.5) is 0 Å². The van der Waals surface area contributed by atoms with E-state index >= 15 is 0 Å². The molecule has 1 heterocycles. The van der Waals surface area contributed by atoms with Crippen LogP contribution in [0.5, 0.6) is 0 Å². The van der Waals surface area contributed by atoms with Crippen molar-refractivity contribution in [1.82, 2.24) is 9.97 Å². The molecule has 0 saturated carbocycles. The van der Waals surface area contributed by atoms with Crippen LogP contribution in [-0.4, -0.2) is 22.5 Å². The van der Waals surface area contributed by atoms with Crippen LogP contribution in [0.15, 0.2) is 10.7 Å². The van der Waals surface area contributed by atoms with Gasteiger partial charge in [-0.1, -0.05) is 0 Å². The zero-order valence-corrected chi connectivity index (χ0v) is 9.09. The summed E-state index contributed by atoms with van der Waals surface area (Å²) in [4.78, 5) is 18.6. The highest BCUT2D eigenvalue weighted by Gasteiger charge is 2.13. The van der Waals surface area contributed by atoms with Crippen LogP contribution < -0.4 is 0 Å². The number of hydrogen-bond donors (Lipinski definition) is 0. The molecular weight excluding hydrogens is 259 g/mol. The number of nitrogens with zero attached hydrogens (tertiary/aromatic N) is 2. The summed E-state index contributed by atoms with van der Waals surface area (Å²) >= 11 is 8.63. The zero-order valence-electron chi connectivity index (χ0n) is 6.75. The summed E-state index contributed by atoms with van der Waals surface area (Å²) < 4.78 is 5.21. The summed E-state index contributed by atoms with van der Waals surface area (Å²) in [5.41, 5.74) is 0.141. The second-order valence-corrected chi connectivity index (χ2v) is 3.25. The monoisotopic (exact) mass is 264 g/mol. The lowest BCUT2D eigenvalue weighted by atomic mass is 10.4. The maximum atomic E-state index is 11.2. The third-order valence-corrected chi connectivity index (χ3v) is 1.95. The molecule has 0 aliphatic rings. The molecule has 1 aromatic heterocycles. The van der Waals surface area contributed by atoms with Crippen LogP contribution in [0.3, 0.4) is 0 Å². The van der Waals surface area contributed by atoms with Crippen molar-refractivity contribution in [3.63, 3.8) is 0 Å². The van der Waals surface area contributed by atoms with Crippen molar-refractivity contribution in [3.05, 3.63) is 21.6 Å². The van der Waals surface area contributed by atoms with E-state index in [1.165, 1.54) is 6.20 Å². The van der Waals surface area contributed by atoms with Crippen molar-refractivity contribution in [2.75, 3.05) is 6.61 Å². The van der Waals surface area contributed by atoms with E-state index in [9.17, 15) is 4.79 Å². The highest BCUT2D eigenvalue weighted by atomic mass is 79.9. The fraction of sp³-hybridized carbons (Fsp3) is 0.286. The fourth-order valence-electron chi connectivity index (χ4n) is 0.688. The Morgan fingerprint density at radius 3 is 3.08 bits per heavy atom. The predicted molar refractivity (Wildman–Crippen MR) is 50.7 cm³/mol. The summed E-state index contributed by atoms with van der Waals surface area (Å²) in [6, 6.07) is 0. The van der Waals surface area contributed by atoms with Gasteiger partial charge in [0.05, 0.1) is 11.1 Å². The van der Waals surface area contributed by atoms with E-state index < -0.39 is 5.97 Å². The molecule has 1 aromatic rings. The Bertz CT molecular complexity index is 332. The lowest BCUT2D eigenvalue weighted by Crippen LogP contribution is -2.08. The minimum Gasteiger partial charge on any atom is -0.461 e. The van der Waals surface area contributed by atoms with Gasteiger partial charge in [0.15, 0.2) is 5.69 Å². The third kappa shape index (κ3) is 2.63. The third-order valence-electron chi connectivity index (χ3n) is 1.18. The molecule has 0 atom stereocenters. The van der Waals surface area contributed by atoms with Crippen molar-refractivity contribution >= 4 is 33.5 Å². The van der Waals surface area contributed by atoms with Crippen LogP contribution in [0.2, 0.25) is 5.28 Å². The standard InChI is InChI=1S/C7H6BrClN2O2/c1-2-13-6(12)5-4(8)3-10-7(9)11-5/h3H,2H2,1H3. The number of ether oxygens (including phenoxy) is 1. The molecule has 1 rings (SSSR count). The smallest absolute Gasteiger partial charge is 0.358 e. The van der Waals surface area contributed by atoms with Crippen LogP contribution in [0.25, 0.3) is 0 Å². The van der Waals surface area contributed by atoms with Crippen molar-refractivity contribution in [2.24, 2.45) is 0 Å². The Morgan fingerprint density at radius 2 is 2.46 bits per heavy atom. The van der Waals surface area contributed by atoms with Gasteiger partial charge < -0.3 is 4.74 Å². The summed E-state index contributed by atoms with van der Waals surface area (Å²) in [5.74, 6) is -0.515. The molecule has 0 saturated heterocycles. The summed E-state index contributed by atoms with van der Waals surface area (Å²) in [6.07, 6.45) is 1.40. The van der Waals surface area contributed by atoms with E-state index in [0.29, 0.717) is 11.1 Å². The van der Waals surface area contributed by atoms with Crippen molar-refractivity contribution in [1.29, 1.82) is 0 Å². The van der Waals surface area contributed by atoms with E-state index in [-0.39, 0.29) is 11.0 Å². The molecular formula is C7H6BrClN2O2. The van der Waals surface area contributed by atoms with Gasteiger partial charge in [-0.3, -0.25) is 0 Å². The molecule has 0 unspecified atom stereocenters. The Morgan fingerprint density at radius 1 is 1.77 bits per heavy atom. The van der Waals surface area contributed by atoms with Crippen LogP contribution in [-0.2, 0) is 4.74 Å². The van der Waals surface area contributed by atoms with Gasteiger partial charge >= 0.3 is 5.97 Å². The maximum absolute atomic E-state index is 11.2. The van der Waals surface area contributed by atoms with Crippen molar-refractivity contribution in [3.8, 4) is 0 Å². The number of carbonyl (C=O) groups is 1. The van der Waals surface area contributed by atoms with Gasteiger partial charge in [0.25, 0.3) is 0 Å². The molecule has 0 aliphatic carbocycles. The molecule has 4 nitrogen and oxygen atoms in total. The number of carbonyl (C=O) groups excluding carboxylic acids is 1. The number of halogens is 2. The minimum atomic E-state index is -0.515. The summed E-state index contributed by atoms with van der Waals surface area (Å²) in [7, 11) is 0. The normalized spacial score (nSPS) is 9.77. The van der Waals surface area contributed by atoms with Gasteiger partial charge in [-0.2, -0.15) is 0 Å². The first-order valence-corrected chi connectivity index (χ1v) is 4.67. The van der Waals surface area contributed by atoms with E-state index in [4.69, 9.17) is 16.3 Å². The minimum absolute atomic E-state index is 0.0197. The molecule has 70 valence electrons. The van der Waals surface area contributed by atoms with E-state index in [1.54, 1.807) is 6.92 Å². The molecule has 0 bridgehead atoms. The van der Waals surface area contributed by atoms with Gasteiger partial charge in [-0.25, -0.2) is 14.8 Å². The number of esters is 1. The summed E-state index contributed by atoms with van der Waals surface area (Å²) in [5, 5.41) is 0.0197. The van der Waals surface area contributed by atoms with Gasteiger partial charge in [-0.15, -0.1) is 0 Å². The molecule has 0 aliphatic heterocycles. The number of aromatic nitrogens is 2. The highest BCUT2D eigenvalue weighted by molar-refractivity contribution is 9.10. The lowest BCUT2D eigenvalue weighted by Gasteiger charge is -2.02. The van der Waals surface area contributed by atoms with Gasteiger partial charge in [0.1, 0.15) is 0 Å². The van der Waals surface area contributed by atoms with Crippen molar-refractivity contribution in [2.45, 2.75) is 6.92 Å². The average molecular weight is 265 g/mol. The largest absolute Gasteiger partial charge is 0.461 e. The highest BCUT2D eigenvalue weighted by Crippen LogP contribution is 2.15. The number of hydrogen-bond acceptors (Lipinski definition) is 4. The molecule has 0 radical (unpaired) electrons.